The standard InChI is InChI=1S/C34H33BrN4O5.ClH/c1-20(40)21-8-7-9-23(16-21)31(41)39-19-27(34(2,37-3)33(36)43)32(42)38(28-10-5-6-11-29(28)39)18-26-25-14-13-24(35)17-22(25)12-15-30(26)44-4;/h5-17,27,37H,18-19H2,1-4H3,(H2,36,43);1H/t27-,34?;/m1./s1. The van der Waals surface area contributed by atoms with Gasteiger partial charge in [0.25, 0.3) is 5.91 Å². The van der Waals surface area contributed by atoms with E-state index in [0.717, 1.165) is 20.8 Å². The van der Waals surface area contributed by atoms with E-state index in [1.54, 1.807) is 68.4 Å². The fraction of sp³-hybridized carbons (Fsp3) is 0.235. The van der Waals surface area contributed by atoms with Gasteiger partial charge in [0.05, 0.1) is 30.9 Å². The zero-order chi connectivity index (χ0) is 31.8. The van der Waals surface area contributed by atoms with Crippen molar-refractivity contribution in [1.82, 2.24) is 5.32 Å². The molecule has 1 aliphatic heterocycles. The Morgan fingerprint density at radius 1 is 1.00 bits per heavy atom. The fourth-order valence-corrected chi connectivity index (χ4v) is 6.10. The molecule has 1 heterocycles. The molecule has 234 valence electrons. The number of likely N-dealkylation sites (N-methyl/N-ethyl adjacent to an activating group) is 1. The summed E-state index contributed by atoms with van der Waals surface area (Å²) >= 11 is 3.53. The highest BCUT2D eigenvalue weighted by atomic mass is 79.9. The number of nitrogens with zero attached hydrogens (tertiary/aromatic N) is 2. The third kappa shape index (κ3) is 6.18. The van der Waals surface area contributed by atoms with Crippen molar-refractivity contribution in [3.63, 3.8) is 0 Å². The second-order valence-electron chi connectivity index (χ2n) is 10.9. The summed E-state index contributed by atoms with van der Waals surface area (Å²) in [5, 5.41) is 4.80. The van der Waals surface area contributed by atoms with Gasteiger partial charge in [-0.05, 0) is 74.1 Å². The molecule has 4 aromatic carbocycles. The summed E-state index contributed by atoms with van der Waals surface area (Å²) in [6.07, 6.45) is 0. The molecule has 1 unspecified atom stereocenters. The lowest BCUT2D eigenvalue weighted by Crippen LogP contribution is -2.63. The first-order chi connectivity index (χ1) is 21.0. The van der Waals surface area contributed by atoms with Crippen LogP contribution in [0, 0.1) is 5.92 Å². The van der Waals surface area contributed by atoms with Gasteiger partial charge >= 0.3 is 0 Å². The number of hydrogen-bond donors (Lipinski definition) is 2. The number of anilines is 2. The number of para-hydroxylation sites is 2. The average Bonchev–Trinajstić information content (AvgIpc) is 3.14. The summed E-state index contributed by atoms with van der Waals surface area (Å²) in [7, 11) is 3.14. The number of carbonyl (C=O) groups excluding carboxylic acids is 4. The quantitative estimate of drug-likeness (QED) is 0.235. The molecule has 5 rings (SSSR count). The van der Waals surface area contributed by atoms with Crippen LogP contribution in [0.25, 0.3) is 10.8 Å². The maximum atomic E-state index is 14.7. The van der Waals surface area contributed by atoms with Crippen molar-refractivity contribution in [2.45, 2.75) is 25.9 Å². The molecule has 0 saturated heterocycles. The number of rotatable bonds is 8. The van der Waals surface area contributed by atoms with Crippen molar-refractivity contribution < 1.29 is 23.9 Å². The van der Waals surface area contributed by atoms with Gasteiger partial charge < -0.3 is 25.6 Å². The summed E-state index contributed by atoms with van der Waals surface area (Å²) in [5.41, 5.74) is 6.79. The first kappa shape index (κ1) is 33.6. The Hall–Kier alpha value is -4.25. The maximum absolute atomic E-state index is 14.7. The normalized spacial score (nSPS) is 15.8. The average molecular weight is 694 g/mol. The van der Waals surface area contributed by atoms with Crippen molar-refractivity contribution >= 4 is 74.0 Å². The second-order valence-corrected chi connectivity index (χ2v) is 11.9. The Balaban J connectivity index is 0.00000461. The lowest BCUT2D eigenvalue weighted by molar-refractivity contribution is -0.133. The molecule has 0 fully saturated rings. The molecular formula is C34H34BrClN4O5. The van der Waals surface area contributed by atoms with Crippen LogP contribution in [0.5, 0.6) is 5.75 Å². The highest BCUT2D eigenvalue weighted by Crippen LogP contribution is 2.40. The molecule has 1 aliphatic rings. The van der Waals surface area contributed by atoms with Gasteiger partial charge in [0.2, 0.25) is 11.8 Å². The van der Waals surface area contributed by atoms with E-state index in [1.807, 2.05) is 30.3 Å². The summed E-state index contributed by atoms with van der Waals surface area (Å²) in [4.78, 5) is 57.1. The van der Waals surface area contributed by atoms with E-state index < -0.39 is 29.2 Å². The van der Waals surface area contributed by atoms with Gasteiger partial charge in [-0.2, -0.15) is 0 Å². The monoisotopic (exact) mass is 692 g/mol. The van der Waals surface area contributed by atoms with E-state index in [0.29, 0.717) is 22.7 Å². The van der Waals surface area contributed by atoms with Gasteiger partial charge in [-0.1, -0.05) is 52.3 Å². The van der Waals surface area contributed by atoms with Crippen molar-refractivity contribution in [3.05, 3.63) is 100 Å². The Bertz CT molecular complexity index is 1810. The number of methoxy groups -OCH3 is 1. The van der Waals surface area contributed by atoms with Crippen LogP contribution in [0.3, 0.4) is 0 Å². The number of nitrogens with one attached hydrogen (secondary N) is 1. The first-order valence-electron chi connectivity index (χ1n) is 14.1. The number of fused-ring (bicyclic) bond motifs is 2. The van der Waals surface area contributed by atoms with Crippen LogP contribution < -0.4 is 25.6 Å². The highest BCUT2D eigenvalue weighted by Gasteiger charge is 2.49. The van der Waals surface area contributed by atoms with Crippen LogP contribution in [0.2, 0.25) is 0 Å². The Morgan fingerprint density at radius 2 is 1.69 bits per heavy atom. The van der Waals surface area contributed by atoms with E-state index in [4.69, 9.17) is 10.5 Å². The van der Waals surface area contributed by atoms with Gasteiger partial charge in [0.15, 0.2) is 5.78 Å². The predicted octanol–water partition coefficient (Wildman–Crippen LogP) is 5.51. The van der Waals surface area contributed by atoms with Gasteiger partial charge in [0.1, 0.15) is 11.3 Å². The van der Waals surface area contributed by atoms with Gasteiger partial charge in [-0.25, -0.2) is 0 Å². The molecular weight excluding hydrogens is 660 g/mol. The number of primary amides is 1. The number of amides is 3. The maximum Gasteiger partial charge on any atom is 0.258 e. The number of nitrogens with two attached hydrogens (primary N) is 1. The van der Waals surface area contributed by atoms with Crippen LogP contribution in [-0.4, -0.2) is 49.7 Å². The summed E-state index contributed by atoms with van der Waals surface area (Å²) in [6, 6.07) is 23.3. The Labute approximate surface area is 276 Å². The van der Waals surface area contributed by atoms with E-state index in [-0.39, 0.29) is 36.8 Å². The van der Waals surface area contributed by atoms with Crippen LogP contribution in [0.15, 0.2) is 83.3 Å². The smallest absolute Gasteiger partial charge is 0.258 e. The molecule has 0 aromatic heterocycles. The largest absolute Gasteiger partial charge is 0.496 e. The van der Waals surface area contributed by atoms with Crippen molar-refractivity contribution in [1.29, 1.82) is 0 Å². The van der Waals surface area contributed by atoms with Gasteiger partial charge in [0, 0.05) is 27.7 Å². The van der Waals surface area contributed by atoms with Crippen molar-refractivity contribution in [2.24, 2.45) is 11.7 Å². The number of Topliss-reactive ketones (excluding diaryl/α,β-unsaturated/α-hetero) is 1. The number of ether oxygens (including phenoxy) is 1. The molecule has 45 heavy (non-hydrogen) atoms. The van der Waals surface area contributed by atoms with Gasteiger partial charge in [-0.3, -0.25) is 19.2 Å². The number of carbonyl (C=O) groups is 4. The predicted molar refractivity (Wildman–Crippen MR) is 181 cm³/mol. The molecule has 0 spiro atoms. The minimum atomic E-state index is -1.51. The summed E-state index contributed by atoms with van der Waals surface area (Å²) < 4.78 is 6.66. The zero-order valence-corrected chi connectivity index (χ0v) is 27.7. The van der Waals surface area contributed by atoms with E-state index in [1.165, 1.54) is 17.9 Å². The summed E-state index contributed by atoms with van der Waals surface area (Å²) in [6.45, 7) is 2.95. The molecule has 0 radical (unpaired) electrons. The molecule has 9 nitrogen and oxygen atoms in total. The first-order valence-corrected chi connectivity index (χ1v) is 14.9. The molecule has 0 aliphatic carbocycles. The lowest BCUT2D eigenvalue weighted by atomic mass is 9.83. The number of hydrogen-bond acceptors (Lipinski definition) is 6. The lowest BCUT2D eigenvalue weighted by Gasteiger charge is -2.36. The molecule has 4 aromatic rings. The topological polar surface area (TPSA) is 122 Å². The van der Waals surface area contributed by atoms with E-state index >= 15 is 0 Å². The van der Waals surface area contributed by atoms with E-state index in [2.05, 4.69) is 21.2 Å². The number of benzene rings is 4. The minimum absolute atomic E-state index is 0. The Kier molecular flexibility index (Phi) is 10.0. The summed E-state index contributed by atoms with van der Waals surface area (Å²) in [5.74, 6) is -2.21. The van der Waals surface area contributed by atoms with Crippen LogP contribution in [0.1, 0.15) is 40.1 Å². The number of halogens is 2. The van der Waals surface area contributed by atoms with Gasteiger partial charge in [-0.15, -0.1) is 12.4 Å². The molecule has 11 heteroatoms. The Morgan fingerprint density at radius 3 is 2.33 bits per heavy atom. The SMILES string of the molecule is CNC(C)(C(N)=O)[C@@H]1CN(C(=O)c2cccc(C(C)=O)c2)c2ccccc2N(Cc2c(OC)ccc3cc(Br)ccc23)C1=O.Cl. The minimum Gasteiger partial charge on any atom is -0.496 e. The molecule has 3 amide bonds. The van der Waals surface area contributed by atoms with Crippen LogP contribution >= 0.6 is 28.3 Å². The van der Waals surface area contributed by atoms with Crippen LogP contribution in [-0.2, 0) is 16.1 Å². The third-order valence-electron chi connectivity index (χ3n) is 8.47. The molecule has 0 saturated carbocycles. The van der Waals surface area contributed by atoms with Crippen molar-refractivity contribution in [2.75, 3.05) is 30.5 Å². The molecule has 0 bridgehead atoms. The highest BCUT2D eigenvalue weighted by molar-refractivity contribution is 9.10. The zero-order valence-electron chi connectivity index (χ0n) is 25.3. The fourth-order valence-electron chi connectivity index (χ4n) is 5.73. The molecule has 3 N–H and O–H groups in total. The second kappa shape index (κ2) is 13.4. The third-order valence-corrected chi connectivity index (χ3v) is 8.96. The van der Waals surface area contributed by atoms with Crippen LogP contribution in [0.4, 0.5) is 11.4 Å². The van der Waals surface area contributed by atoms with Crippen molar-refractivity contribution in [3.8, 4) is 5.75 Å². The molecule has 2 atom stereocenters. The number of ketones is 1. The van der Waals surface area contributed by atoms with E-state index in [9.17, 15) is 19.2 Å².